The molecule has 162 valence electrons. The van der Waals surface area contributed by atoms with Gasteiger partial charge in [0, 0.05) is 37.1 Å². The molecule has 1 aliphatic heterocycles. The smallest absolute Gasteiger partial charge is 0.177 e. The maximum Gasteiger partial charge on any atom is 0.177 e. The zero-order chi connectivity index (χ0) is 22.1. The molecule has 1 heterocycles. The molecule has 1 fully saturated rings. The monoisotopic (exact) mass is 451 g/mol. The Balaban J connectivity index is 1.79. The summed E-state index contributed by atoms with van der Waals surface area (Å²) in [4.78, 5) is 14.7. The summed E-state index contributed by atoms with van der Waals surface area (Å²) in [7, 11) is -5.59. The molecule has 0 N–H and O–H groups in total. The van der Waals surface area contributed by atoms with Gasteiger partial charge in [-0.05, 0) is 55.3 Å². The predicted molar refractivity (Wildman–Crippen MR) is 115 cm³/mol. The van der Waals surface area contributed by atoms with Crippen molar-refractivity contribution in [1.29, 1.82) is 0 Å². The summed E-state index contributed by atoms with van der Waals surface area (Å²) in [6, 6.07) is 11.2. The van der Waals surface area contributed by atoms with Gasteiger partial charge in [0.1, 0.15) is 5.75 Å². The maximum atomic E-state index is 12.8. The van der Waals surface area contributed by atoms with Gasteiger partial charge >= 0.3 is 0 Å². The largest absolute Gasteiger partial charge is 0.497 e. The first-order valence-electron chi connectivity index (χ1n) is 9.48. The number of piperidine rings is 1. The number of carbonyl (C=O) groups excluding carboxylic acids is 1. The number of anilines is 1. The van der Waals surface area contributed by atoms with Gasteiger partial charge in [-0.25, -0.2) is 16.8 Å². The lowest BCUT2D eigenvalue weighted by Crippen LogP contribution is -2.37. The van der Waals surface area contributed by atoms with Crippen molar-refractivity contribution in [1.82, 2.24) is 0 Å². The molecule has 0 spiro atoms. The van der Waals surface area contributed by atoms with E-state index in [9.17, 15) is 21.6 Å². The van der Waals surface area contributed by atoms with E-state index < -0.39 is 19.7 Å². The molecule has 7 nitrogen and oxygen atoms in total. The molecule has 0 radical (unpaired) electrons. The van der Waals surface area contributed by atoms with E-state index in [1.165, 1.54) is 12.1 Å². The Labute approximate surface area is 177 Å². The summed E-state index contributed by atoms with van der Waals surface area (Å²) in [6.07, 6.45) is 3.28. The summed E-state index contributed by atoms with van der Waals surface area (Å²) < 4.78 is 53.4. The van der Waals surface area contributed by atoms with E-state index in [0.29, 0.717) is 42.9 Å². The van der Waals surface area contributed by atoms with E-state index in [1.54, 1.807) is 37.4 Å². The fraction of sp³-hybridized carbons (Fsp3) is 0.381. The molecular weight excluding hydrogens is 426 g/mol. The number of carbonyl (C=O) groups is 1. The molecule has 0 saturated carbocycles. The lowest BCUT2D eigenvalue weighted by atomic mass is 9.88. The molecule has 0 atom stereocenters. The molecule has 0 bridgehead atoms. The van der Waals surface area contributed by atoms with Gasteiger partial charge < -0.3 is 9.64 Å². The Morgan fingerprint density at radius 1 is 0.933 bits per heavy atom. The lowest BCUT2D eigenvalue weighted by molar-refractivity contribution is 0.0900. The van der Waals surface area contributed by atoms with Crippen molar-refractivity contribution >= 4 is 31.1 Å². The third kappa shape index (κ3) is 4.84. The van der Waals surface area contributed by atoms with Crippen LogP contribution in [0.15, 0.2) is 52.3 Å². The highest BCUT2D eigenvalue weighted by Crippen LogP contribution is 2.32. The van der Waals surface area contributed by atoms with Gasteiger partial charge in [0.25, 0.3) is 0 Å². The number of rotatable bonds is 6. The van der Waals surface area contributed by atoms with Crippen LogP contribution in [-0.2, 0) is 19.7 Å². The van der Waals surface area contributed by atoms with Crippen LogP contribution in [0, 0.1) is 5.92 Å². The number of ether oxygens (including phenoxy) is 1. The Morgan fingerprint density at radius 2 is 1.53 bits per heavy atom. The van der Waals surface area contributed by atoms with Gasteiger partial charge in [0.2, 0.25) is 0 Å². The van der Waals surface area contributed by atoms with Crippen LogP contribution in [0.4, 0.5) is 5.69 Å². The average molecular weight is 452 g/mol. The van der Waals surface area contributed by atoms with Crippen LogP contribution in [-0.4, -0.2) is 55.3 Å². The zero-order valence-corrected chi connectivity index (χ0v) is 18.8. The van der Waals surface area contributed by atoms with Gasteiger partial charge in [-0.1, -0.05) is 0 Å². The van der Waals surface area contributed by atoms with Crippen LogP contribution in [0.5, 0.6) is 5.75 Å². The Morgan fingerprint density at radius 3 is 2.03 bits per heavy atom. The third-order valence-electron chi connectivity index (χ3n) is 5.34. The van der Waals surface area contributed by atoms with E-state index in [-0.39, 0.29) is 21.5 Å². The molecule has 30 heavy (non-hydrogen) atoms. The van der Waals surface area contributed by atoms with Crippen LogP contribution in [0.1, 0.15) is 23.2 Å². The minimum atomic E-state index is -3.63. The summed E-state index contributed by atoms with van der Waals surface area (Å²) in [6.45, 7) is 1.01. The maximum absolute atomic E-state index is 12.8. The molecule has 2 aromatic carbocycles. The standard InChI is InChI=1S/C21H25NO6S2/c1-28-17-6-4-15(5-7-17)21(23)16-10-12-22(13-11-16)19-9-8-18(29(2,24)25)14-20(19)30(3,26)27/h4-9,14,16H,10-13H2,1-3H3. The summed E-state index contributed by atoms with van der Waals surface area (Å²) in [5.41, 5.74) is 1.10. The Hall–Kier alpha value is -2.39. The van der Waals surface area contributed by atoms with Gasteiger partial charge in [-0.2, -0.15) is 0 Å². The molecular formula is C21H25NO6S2. The molecule has 3 rings (SSSR count). The fourth-order valence-corrected chi connectivity index (χ4v) is 5.30. The van der Waals surface area contributed by atoms with E-state index >= 15 is 0 Å². The number of hydrogen-bond acceptors (Lipinski definition) is 7. The fourth-order valence-electron chi connectivity index (χ4n) is 3.66. The number of ketones is 1. The normalized spacial score (nSPS) is 15.8. The minimum absolute atomic E-state index is 0.00893. The highest BCUT2D eigenvalue weighted by molar-refractivity contribution is 7.91. The highest BCUT2D eigenvalue weighted by Gasteiger charge is 2.28. The van der Waals surface area contributed by atoms with E-state index in [2.05, 4.69) is 0 Å². The molecule has 0 amide bonds. The van der Waals surface area contributed by atoms with Crippen molar-refractivity contribution in [3.63, 3.8) is 0 Å². The zero-order valence-electron chi connectivity index (χ0n) is 17.2. The molecule has 1 aliphatic rings. The number of hydrogen-bond donors (Lipinski definition) is 0. The van der Waals surface area contributed by atoms with Crippen molar-refractivity contribution in [2.75, 3.05) is 37.6 Å². The first-order valence-corrected chi connectivity index (χ1v) is 13.3. The Kier molecular flexibility index (Phi) is 6.24. The van der Waals surface area contributed by atoms with E-state index in [4.69, 9.17) is 4.74 Å². The molecule has 0 aromatic heterocycles. The molecule has 9 heteroatoms. The first-order chi connectivity index (χ1) is 14.0. The topological polar surface area (TPSA) is 97.8 Å². The third-order valence-corrected chi connectivity index (χ3v) is 7.58. The number of benzene rings is 2. The second-order valence-electron chi connectivity index (χ2n) is 7.53. The van der Waals surface area contributed by atoms with Crippen LogP contribution < -0.4 is 9.64 Å². The minimum Gasteiger partial charge on any atom is -0.497 e. The molecule has 0 unspecified atom stereocenters. The van der Waals surface area contributed by atoms with Crippen molar-refractivity contribution in [3.8, 4) is 5.75 Å². The van der Waals surface area contributed by atoms with Gasteiger partial charge in [-0.3, -0.25) is 4.79 Å². The Bertz CT molecular complexity index is 1150. The molecule has 0 aliphatic carbocycles. The summed E-state index contributed by atoms with van der Waals surface area (Å²) >= 11 is 0. The van der Waals surface area contributed by atoms with Crippen LogP contribution >= 0.6 is 0 Å². The van der Waals surface area contributed by atoms with Crippen molar-refractivity contribution in [2.45, 2.75) is 22.6 Å². The summed E-state index contributed by atoms with van der Waals surface area (Å²) in [5, 5.41) is 0. The van der Waals surface area contributed by atoms with Gasteiger partial charge in [0.15, 0.2) is 25.5 Å². The first kappa shape index (κ1) is 22.3. The van der Waals surface area contributed by atoms with E-state index in [0.717, 1.165) is 12.5 Å². The van der Waals surface area contributed by atoms with E-state index in [1.807, 2.05) is 4.90 Å². The second kappa shape index (κ2) is 8.39. The SMILES string of the molecule is COc1ccc(C(=O)C2CCN(c3ccc(S(C)(=O)=O)cc3S(C)(=O)=O)CC2)cc1. The summed E-state index contributed by atoms with van der Waals surface area (Å²) in [5.74, 6) is 0.604. The predicted octanol–water partition coefficient (Wildman–Crippen LogP) is 2.60. The van der Waals surface area contributed by atoms with Crippen LogP contribution in [0.3, 0.4) is 0 Å². The quantitative estimate of drug-likeness (QED) is 0.623. The molecule has 2 aromatic rings. The molecule has 1 saturated heterocycles. The van der Waals surface area contributed by atoms with Gasteiger partial charge in [-0.15, -0.1) is 0 Å². The number of nitrogens with zero attached hydrogens (tertiary/aromatic N) is 1. The van der Waals surface area contributed by atoms with Crippen LogP contribution in [0.25, 0.3) is 0 Å². The lowest BCUT2D eigenvalue weighted by Gasteiger charge is -2.34. The van der Waals surface area contributed by atoms with Gasteiger partial charge in [0.05, 0.1) is 22.6 Å². The average Bonchev–Trinajstić information content (AvgIpc) is 2.72. The van der Waals surface area contributed by atoms with Crippen molar-refractivity contribution in [3.05, 3.63) is 48.0 Å². The number of sulfone groups is 2. The number of Topliss-reactive ketones (excluding diaryl/α,β-unsaturated/α-hetero) is 1. The van der Waals surface area contributed by atoms with Crippen molar-refractivity contribution < 1.29 is 26.4 Å². The second-order valence-corrected chi connectivity index (χ2v) is 11.5. The van der Waals surface area contributed by atoms with Crippen LogP contribution in [0.2, 0.25) is 0 Å². The number of methoxy groups -OCH3 is 1. The highest BCUT2D eigenvalue weighted by atomic mass is 32.2. The van der Waals surface area contributed by atoms with Crippen molar-refractivity contribution in [2.24, 2.45) is 5.92 Å².